The molecule has 1 atom stereocenters. The van der Waals surface area contributed by atoms with E-state index < -0.39 is 0 Å². The molecule has 0 saturated carbocycles. The lowest BCUT2D eigenvalue weighted by molar-refractivity contribution is -0.922. The van der Waals surface area contributed by atoms with Crippen molar-refractivity contribution in [2.75, 3.05) is 41.7 Å². The molecule has 2 aliphatic heterocycles. The Bertz CT molecular complexity index is 975. The van der Waals surface area contributed by atoms with Crippen molar-refractivity contribution in [3.8, 4) is 28.7 Å². The van der Waals surface area contributed by atoms with Gasteiger partial charge in [0.2, 0.25) is 12.5 Å². The summed E-state index contributed by atoms with van der Waals surface area (Å²) >= 11 is 0. The summed E-state index contributed by atoms with van der Waals surface area (Å²) in [6, 6.07) is 6.61. The van der Waals surface area contributed by atoms with Gasteiger partial charge in [0.1, 0.15) is 17.5 Å². The highest BCUT2D eigenvalue weighted by Gasteiger charge is 2.42. The van der Waals surface area contributed by atoms with Gasteiger partial charge in [0, 0.05) is 12.5 Å². The number of methoxy groups -OCH3 is 2. The van der Waals surface area contributed by atoms with Crippen LogP contribution < -0.4 is 42.9 Å². The molecule has 2 aromatic rings. The molecule has 1 unspecified atom stereocenters. The van der Waals surface area contributed by atoms with Gasteiger partial charge >= 0.3 is 0 Å². The zero-order valence-corrected chi connectivity index (χ0v) is 19.7. The molecule has 1 N–H and O–H groups in total. The molecule has 0 aliphatic carbocycles. The second-order valence-electron chi connectivity index (χ2n) is 7.99. The highest BCUT2D eigenvalue weighted by molar-refractivity contribution is 5.99. The summed E-state index contributed by atoms with van der Waals surface area (Å²) in [5.41, 5.74) is 2.38. The van der Waals surface area contributed by atoms with Crippen molar-refractivity contribution in [3.63, 3.8) is 0 Å². The third-order valence-corrected chi connectivity index (χ3v) is 5.97. The Hall–Kier alpha value is -2.20. The van der Waals surface area contributed by atoms with Crippen LogP contribution in [-0.2, 0) is 6.42 Å². The van der Waals surface area contributed by atoms with Crippen molar-refractivity contribution in [1.29, 1.82) is 0 Å². The van der Waals surface area contributed by atoms with E-state index in [0.29, 0.717) is 27.5 Å². The fourth-order valence-corrected chi connectivity index (χ4v) is 4.28. The van der Waals surface area contributed by atoms with E-state index in [2.05, 4.69) is 14.1 Å². The zero-order valence-electron chi connectivity index (χ0n) is 17.5. The summed E-state index contributed by atoms with van der Waals surface area (Å²) in [4.78, 5) is 13.2. The smallest absolute Gasteiger partial charge is 0.231 e. The maximum Gasteiger partial charge on any atom is 0.231 e. The van der Waals surface area contributed by atoms with Gasteiger partial charge in [-0.3, -0.25) is 4.79 Å². The normalized spacial score (nSPS) is 18.2. The number of aromatic hydroxyl groups is 1. The van der Waals surface area contributed by atoms with E-state index in [9.17, 15) is 9.90 Å². The number of benzene rings is 2. The fraction of sp³-hybridized carbons (Fsp3) is 0.409. The van der Waals surface area contributed by atoms with E-state index >= 15 is 0 Å². The second-order valence-corrected chi connectivity index (χ2v) is 7.99. The molecule has 2 aromatic carbocycles. The highest BCUT2D eigenvalue weighted by Crippen LogP contribution is 2.51. The number of halogens is 1. The number of hydrogen-bond donors (Lipinski definition) is 1. The summed E-state index contributed by atoms with van der Waals surface area (Å²) in [6.07, 6.45) is 1.09. The number of quaternary nitrogens is 1. The largest absolute Gasteiger partial charge is 1.00 e. The van der Waals surface area contributed by atoms with Gasteiger partial charge in [-0.05, 0) is 23.8 Å². The van der Waals surface area contributed by atoms with E-state index in [4.69, 9.17) is 18.9 Å². The molecular formula is C22H26INO6. The molecule has 162 valence electrons. The van der Waals surface area contributed by atoms with Crippen LogP contribution in [0, 0.1) is 0 Å². The number of phenolic OH excluding ortho intramolecular Hbond substituents is 1. The average molecular weight is 527 g/mol. The van der Waals surface area contributed by atoms with Gasteiger partial charge in [0.15, 0.2) is 17.3 Å². The Morgan fingerprint density at radius 2 is 1.97 bits per heavy atom. The van der Waals surface area contributed by atoms with Crippen LogP contribution in [0.2, 0.25) is 0 Å². The number of ketones is 1. The van der Waals surface area contributed by atoms with Crippen LogP contribution >= 0.6 is 0 Å². The first-order valence-electron chi connectivity index (χ1n) is 9.58. The molecule has 0 radical (unpaired) electrons. The van der Waals surface area contributed by atoms with Gasteiger partial charge in [-0.15, -0.1) is 0 Å². The third-order valence-electron chi connectivity index (χ3n) is 5.97. The predicted octanol–water partition coefficient (Wildman–Crippen LogP) is 0.0887. The second kappa shape index (κ2) is 8.50. The molecule has 8 heteroatoms. The molecule has 0 saturated heterocycles. The van der Waals surface area contributed by atoms with Crippen molar-refractivity contribution in [3.05, 3.63) is 41.0 Å². The lowest BCUT2D eigenvalue weighted by Gasteiger charge is -2.43. The van der Waals surface area contributed by atoms with Crippen LogP contribution in [0.5, 0.6) is 28.7 Å². The topological polar surface area (TPSA) is 74.2 Å². The Morgan fingerprint density at radius 1 is 1.20 bits per heavy atom. The molecular weight excluding hydrogens is 501 g/mol. The maximum absolute atomic E-state index is 13.2. The van der Waals surface area contributed by atoms with Crippen LogP contribution in [0.1, 0.15) is 33.9 Å². The van der Waals surface area contributed by atoms with Gasteiger partial charge in [-0.1, -0.05) is 0 Å². The number of nitrogens with zero attached hydrogens (tertiary/aromatic N) is 1. The van der Waals surface area contributed by atoms with Crippen molar-refractivity contribution in [2.24, 2.45) is 0 Å². The summed E-state index contributed by atoms with van der Waals surface area (Å²) < 4.78 is 22.7. The van der Waals surface area contributed by atoms with E-state index in [1.54, 1.807) is 19.2 Å². The van der Waals surface area contributed by atoms with Crippen molar-refractivity contribution >= 4 is 5.78 Å². The molecule has 7 nitrogen and oxygen atoms in total. The molecule has 2 aliphatic rings. The number of likely N-dealkylation sites (N-methyl/N-ethyl adjacent to an activating group) is 1. The minimum atomic E-state index is -0.141. The number of fused-ring (bicyclic) bond motifs is 2. The van der Waals surface area contributed by atoms with Crippen LogP contribution in [0.4, 0.5) is 0 Å². The minimum Gasteiger partial charge on any atom is -1.00 e. The highest BCUT2D eigenvalue weighted by atomic mass is 127. The molecule has 4 rings (SSSR count). The molecule has 0 amide bonds. The number of carbonyl (C=O) groups is 1. The molecule has 0 bridgehead atoms. The lowest BCUT2D eigenvalue weighted by Crippen LogP contribution is -3.00. The third kappa shape index (κ3) is 3.78. The standard InChI is InChI=1S/C22H25NO6.HI/c1-23(2)8-7-13-9-19-21(29-12-28-19)22(27-4)20(13)16(23)11-18(25)15-6-5-14(26-3)10-17(15)24;/h5-6,9-10,16H,7-8,11-12H2,1-4H3;1H. The number of ether oxygens (including phenoxy) is 4. The van der Waals surface area contributed by atoms with Gasteiger partial charge < -0.3 is 52.5 Å². The van der Waals surface area contributed by atoms with Gasteiger partial charge in [0.05, 0.1) is 52.4 Å². The van der Waals surface area contributed by atoms with E-state index in [-0.39, 0.29) is 60.3 Å². The molecule has 0 fully saturated rings. The summed E-state index contributed by atoms with van der Waals surface area (Å²) in [7, 11) is 7.35. The molecule has 2 heterocycles. The Labute approximate surface area is 193 Å². The Balaban J connectivity index is 0.00000256. The van der Waals surface area contributed by atoms with E-state index in [1.807, 2.05) is 6.07 Å². The van der Waals surface area contributed by atoms with Crippen molar-refractivity contribution in [1.82, 2.24) is 0 Å². The SMILES string of the molecule is COc1ccc(C(=O)CC2c3c(cc4c(c3OC)OCO4)CC[N+]2(C)C)c(O)c1.[I-]. The van der Waals surface area contributed by atoms with Crippen molar-refractivity contribution < 1.29 is 57.3 Å². The summed E-state index contributed by atoms with van der Waals surface area (Å²) in [6.45, 7) is 1.04. The first kappa shape index (κ1) is 22.5. The van der Waals surface area contributed by atoms with Crippen LogP contribution in [0.25, 0.3) is 0 Å². The maximum atomic E-state index is 13.2. The first-order valence-corrected chi connectivity index (χ1v) is 9.58. The Morgan fingerprint density at radius 3 is 2.63 bits per heavy atom. The first-order chi connectivity index (χ1) is 13.9. The fourth-order valence-electron chi connectivity index (χ4n) is 4.28. The molecule has 0 aromatic heterocycles. The summed E-state index contributed by atoms with van der Waals surface area (Å²) in [5.74, 6) is 2.22. The van der Waals surface area contributed by atoms with Gasteiger partial charge in [-0.2, -0.15) is 0 Å². The quantitative estimate of drug-likeness (QED) is 0.338. The zero-order chi connectivity index (χ0) is 20.8. The Kier molecular flexibility index (Phi) is 6.37. The molecule has 0 spiro atoms. The number of hydrogen-bond acceptors (Lipinski definition) is 6. The summed E-state index contributed by atoms with van der Waals surface area (Å²) in [5, 5.41) is 10.3. The van der Waals surface area contributed by atoms with Gasteiger partial charge in [-0.25, -0.2) is 0 Å². The van der Waals surface area contributed by atoms with Crippen molar-refractivity contribution in [2.45, 2.75) is 18.9 Å². The predicted molar refractivity (Wildman–Crippen MR) is 106 cm³/mol. The number of rotatable bonds is 5. The van der Waals surface area contributed by atoms with Crippen LogP contribution in [-0.4, -0.2) is 57.0 Å². The number of carbonyl (C=O) groups excluding carboxylic acids is 1. The van der Waals surface area contributed by atoms with Gasteiger partial charge in [0.25, 0.3) is 0 Å². The van der Waals surface area contributed by atoms with E-state index in [0.717, 1.165) is 24.1 Å². The number of Topliss-reactive ketones (excluding diaryl/α,β-unsaturated/α-hetero) is 1. The van der Waals surface area contributed by atoms with E-state index in [1.165, 1.54) is 13.2 Å². The van der Waals surface area contributed by atoms with Crippen LogP contribution in [0.15, 0.2) is 24.3 Å². The number of phenols is 1. The van der Waals surface area contributed by atoms with Crippen LogP contribution in [0.3, 0.4) is 0 Å². The monoisotopic (exact) mass is 527 g/mol. The molecule has 30 heavy (non-hydrogen) atoms. The lowest BCUT2D eigenvalue weighted by atomic mass is 9.85. The average Bonchev–Trinajstić information content (AvgIpc) is 3.16. The minimum absolute atomic E-state index is 0.